The molecule has 1 saturated heterocycles. The molecule has 3 aromatic rings. The third-order valence-electron chi connectivity index (χ3n) is 4.59. The van der Waals surface area contributed by atoms with Gasteiger partial charge in [-0.1, -0.05) is 6.07 Å². The Labute approximate surface area is 146 Å². The fourth-order valence-corrected chi connectivity index (χ4v) is 3.22. The molecule has 3 heterocycles. The van der Waals surface area contributed by atoms with E-state index in [4.69, 9.17) is 9.15 Å². The average Bonchev–Trinajstić information content (AvgIpc) is 3.33. The van der Waals surface area contributed by atoms with Crippen molar-refractivity contribution < 1.29 is 9.15 Å². The molecule has 0 saturated carbocycles. The maximum atomic E-state index is 5.83. The first kappa shape index (κ1) is 15.8. The Morgan fingerprint density at radius 2 is 2.08 bits per heavy atom. The van der Waals surface area contributed by atoms with Crippen LogP contribution < -0.4 is 4.74 Å². The van der Waals surface area contributed by atoms with Crippen molar-refractivity contribution in [3.63, 3.8) is 0 Å². The number of pyridine rings is 1. The molecule has 0 aliphatic carbocycles. The van der Waals surface area contributed by atoms with Gasteiger partial charge < -0.3 is 9.15 Å². The molecule has 1 aliphatic rings. The van der Waals surface area contributed by atoms with Gasteiger partial charge >= 0.3 is 0 Å². The van der Waals surface area contributed by atoms with Gasteiger partial charge in [-0.2, -0.15) is 0 Å². The fraction of sp³-hybridized carbons (Fsp3) is 0.316. The highest BCUT2D eigenvalue weighted by molar-refractivity contribution is 5.53. The molecule has 0 spiro atoms. The highest BCUT2D eigenvalue weighted by Crippen LogP contribution is 2.28. The molecule has 6 nitrogen and oxygen atoms in total. The first-order chi connectivity index (χ1) is 12.3. The molecule has 25 heavy (non-hydrogen) atoms. The van der Waals surface area contributed by atoms with Crippen LogP contribution >= 0.6 is 0 Å². The van der Waals surface area contributed by atoms with Crippen LogP contribution in [0.2, 0.25) is 0 Å². The van der Waals surface area contributed by atoms with Gasteiger partial charge in [0.15, 0.2) is 0 Å². The molecule has 1 unspecified atom stereocenters. The predicted molar refractivity (Wildman–Crippen MR) is 93.2 cm³/mol. The molecule has 1 atom stereocenters. The summed E-state index contributed by atoms with van der Waals surface area (Å²) in [6.45, 7) is 2.70. The lowest BCUT2D eigenvalue weighted by Crippen LogP contribution is -2.20. The number of methoxy groups -OCH3 is 1. The van der Waals surface area contributed by atoms with Gasteiger partial charge in [-0.15, -0.1) is 10.2 Å². The van der Waals surface area contributed by atoms with Crippen molar-refractivity contribution in [3.8, 4) is 17.2 Å². The largest absolute Gasteiger partial charge is 0.497 e. The Balaban J connectivity index is 1.40. The first-order valence-electron chi connectivity index (χ1n) is 8.41. The monoisotopic (exact) mass is 336 g/mol. The minimum Gasteiger partial charge on any atom is -0.497 e. The van der Waals surface area contributed by atoms with E-state index in [2.05, 4.69) is 26.1 Å². The minimum absolute atomic E-state index is 0.526. The van der Waals surface area contributed by atoms with Crippen molar-refractivity contribution in [1.29, 1.82) is 0 Å². The van der Waals surface area contributed by atoms with E-state index in [0.717, 1.165) is 30.8 Å². The summed E-state index contributed by atoms with van der Waals surface area (Å²) in [5.41, 5.74) is 2.20. The zero-order chi connectivity index (χ0) is 17.1. The summed E-state index contributed by atoms with van der Waals surface area (Å²) in [6.07, 6.45) is 4.91. The Hall–Kier alpha value is -2.73. The summed E-state index contributed by atoms with van der Waals surface area (Å²) < 4.78 is 11.0. The van der Waals surface area contributed by atoms with Crippen LogP contribution in [0, 0.1) is 0 Å². The summed E-state index contributed by atoms with van der Waals surface area (Å²) in [4.78, 5) is 6.57. The second-order valence-electron chi connectivity index (χ2n) is 6.24. The van der Waals surface area contributed by atoms with Crippen molar-refractivity contribution >= 4 is 0 Å². The lowest BCUT2D eigenvalue weighted by atomic mass is 10.0. The maximum absolute atomic E-state index is 5.83. The van der Waals surface area contributed by atoms with Gasteiger partial charge in [0, 0.05) is 24.5 Å². The van der Waals surface area contributed by atoms with Gasteiger partial charge in [-0.3, -0.25) is 9.88 Å². The Kier molecular flexibility index (Phi) is 4.43. The van der Waals surface area contributed by atoms with E-state index in [1.807, 2.05) is 42.7 Å². The molecule has 128 valence electrons. The number of benzene rings is 1. The summed E-state index contributed by atoms with van der Waals surface area (Å²) in [5, 5.41) is 8.36. The minimum atomic E-state index is 0.526. The van der Waals surface area contributed by atoms with Crippen molar-refractivity contribution in [3.05, 3.63) is 60.2 Å². The highest BCUT2D eigenvalue weighted by Gasteiger charge is 2.25. The summed E-state index contributed by atoms with van der Waals surface area (Å²) in [6, 6.07) is 11.8. The van der Waals surface area contributed by atoms with Crippen LogP contribution in [0.25, 0.3) is 11.5 Å². The number of hydrogen-bond acceptors (Lipinski definition) is 6. The van der Waals surface area contributed by atoms with Gasteiger partial charge in [0.2, 0.25) is 11.8 Å². The second kappa shape index (κ2) is 7.03. The number of hydrogen-bond donors (Lipinski definition) is 0. The SMILES string of the molecule is COc1ccc(-c2nnc(CN3CCC(c4cccnc4)C3)o2)cc1. The molecule has 1 fully saturated rings. The van der Waals surface area contributed by atoms with Crippen LogP contribution in [0.4, 0.5) is 0 Å². The van der Waals surface area contributed by atoms with Gasteiger partial charge in [0.05, 0.1) is 13.7 Å². The van der Waals surface area contributed by atoms with Crippen LogP contribution in [0.1, 0.15) is 23.8 Å². The molecule has 0 N–H and O–H groups in total. The Morgan fingerprint density at radius 3 is 2.84 bits per heavy atom. The fourth-order valence-electron chi connectivity index (χ4n) is 3.22. The number of nitrogens with zero attached hydrogens (tertiary/aromatic N) is 4. The van der Waals surface area contributed by atoms with E-state index in [1.54, 1.807) is 7.11 Å². The smallest absolute Gasteiger partial charge is 0.247 e. The zero-order valence-corrected chi connectivity index (χ0v) is 14.1. The van der Waals surface area contributed by atoms with Crippen LogP contribution in [0.3, 0.4) is 0 Å². The molecule has 0 radical (unpaired) electrons. The van der Waals surface area contributed by atoms with Gasteiger partial charge in [-0.25, -0.2) is 0 Å². The molecule has 2 aromatic heterocycles. The summed E-state index contributed by atoms with van der Waals surface area (Å²) >= 11 is 0. The zero-order valence-electron chi connectivity index (χ0n) is 14.1. The van der Waals surface area contributed by atoms with Crippen molar-refractivity contribution in [2.75, 3.05) is 20.2 Å². The van der Waals surface area contributed by atoms with Crippen molar-refractivity contribution in [2.24, 2.45) is 0 Å². The number of rotatable bonds is 5. The molecular weight excluding hydrogens is 316 g/mol. The lowest BCUT2D eigenvalue weighted by molar-refractivity contribution is 0.289. The molecule has 6 heteroatoms. The Morgan fingerprint density at radius 1 is 1.20 bits per heavy atom. The molecule has 0 amide bonds. The molecule has 1 aromatic carbocycles. The quantitative estimate of drug-likeness (QED) is 0.713. The number of ether oxygens (including phenoxy) is 1. The summed E-state index contributed by atoms with van der Waals surface area (Å²) in [7, 11) is 1.65. The second-order valence-corrected chi connectivity index (χ2v) is 6.24. The standard InChI is InChI=1S/C19H20N4O2/c1-24-17-6-4-14(5-7-17)19-22-21-18(25-19)13-23-10-8-16(12-23)15-3-2-9-20-11-15/h2-7,9,11,16H,8,10,12-13H2,1H3. The van der Waals surface area contributed by atoms with Crippen LogP contribution in [0.15, 0.2) is 53.2 Å². The first-order valence-corrected chi connectivity index (χ1v) is 8.41. The van der Waals surface area contributed by atoms with Crippen LogP contribution in [-0.2, 0) is 6.54 Å². The number of aromatic nitrogens is 3. The lowest BCUT2D eigenvalue weighted by Gasteiger charge is -2.13. The maximum Gasteiger partial charge on any atom is 0.247 e. The van der Waals surface area contributed by atoms with Gasteiger partial charge in [-0.05, 0) is 54.8 Å². The van der Waals surface area contributed by atoms with E-state index in [9.17, 15) is 0 Å². The van der Waals surface area contributed by atoms with Crippen LogP contribution in [-0.4, -0.2) is 40.3 Å². The van der Waals surface area contributed by atoms with Gasteiger partial charge in [0.25, 0.3) is 0 Å². The van der Waals surface area contributed by atoms with Gasteiger partial charge in [0.1, 0.15) is 5.75 Å². The summed E-state index contributed by atoms with van der Waals surface area (Å²) in [5.74, 6) is 2.53. The molecule has 0 bridgehead atoms. The van der Waals surface area contributed by atoms with Crippen molar-refractivity contribution in [1.82, 2.24) is 20.1 Å². The Bertz CT molecular complexity index is 817. The van der Waals surface area contributed by atoms with E-state index >= 15 is 0 Å². The topological polar surface area (TPSA) is 64.3 Å². The normalized spacial score (nSPS) is 17.7. The third kappa shape index (κ3) is 3.53. The third-order valence-corrected chi connectivity index (χ3v) is 4.59. The van der Waals surface area contributed by atoms with Crippen LogP contribution in [0.5, 0.6) is 5.75 Å². The van der Waals surface area contributed by atoms with E-state index in [0.29, 0.717) is 24.2 Å². The van der Waals surface area contributed by atoms with E-state index in [-0.39, 0.29) is 0 Å². The highest BCUT2D eigenvalue weighted by atomic mass is 16.5. The van der Waals surface area contributed by atoms with Crippen molar-refractivity contribution in [2.45, 2.75) is 18.9 Å². The molecular formula is C19H20N4O2. The van der Waals surface area contributed by atoms with E-state index < -0.39 is 0 Å². The molecule has 4 rings (SSSR count). The predicted octanol–water partition coefficient (Wildman–Crippen LogP) is 3.13. The van der Waals surface area contributed by atoms with E-state index in [1.165, 1.54) is 5.56 Å². The number of likely N-dealkylation sites (tertiary alicyclic amines) is 1. The average molecular weight is 336 g/mol. The molecule has 1 aliphatic heterocycles.